The Labute approximate surface area is 205 Å². The van der Waals surface area contributed by atoms with Crippen molar-refractivity contribution >= 4 is 44.3 Å². The zero-order valence-electron chi connectivity index (χ0n) is 17.8. The van der Waals surface area contributed by atoms with Crippen LogP contribution in [0.2, 0.25) is 0 Å². The third-order valence-electron chi connectivity index (χ3n) is 4.95. The molecule has 2 aromatic carbocycles. The summed E-state index contributed by atoms with van der Waals surface area (Å²) >= 11 is 2.96. The van der Waals surface area contributed by atoms with Crippen LogP contribution >= 0.6 is 22.7 Å². The molecule has 0 amide bonds. The number of aromatic nitrogens is 2. The smallest absolute Gasteiger partial charge is 0.293 e. The van der Waals surface area contributed by atoms with Crippen molar-refractivity contribution in [1.29, 1.82) is 0 Å². The summed E-state index contributed by atoms with van der Waals surface area (Å²) in [5.74, 6) is -0.428. The third kappa shape index (κ3) is 6.48. The monoisotopic (exact) mass is 515 g/mol. The Kier molecular flexibility index (Phi) is 7.68. The second kappa shape index (κ2) is 10.9. The number of hydrogen-bond acceptors (Lipinski definition) is 9. The molecular formula is C23H21N3O5S3. The lowest BCUT2D eigenvalue weighted by molar-refractivity contribution is -0.129. The lowest BCUT2D eigenvalue weighted by atomic mass is 10.0. The van der Waals surface area contributed by atoms with Crippen LogP contribution in [0, 0.1) is 0 Å². The van der Waals surface area contributed by atoms with Crippen LogP contribution in [0.15, 0.2) is 65.5 Å². The third-order valence-corrected chi connectivity index (χ3v) is 7.35. The second-order valence-corrected chi connectivity index (χ2v) is 10.6. The molecule has 0 aliphatic carbocycles. The SMILES string of the molecule is O=COCc1ncsc1N[C@@H](Cc1ccc(CS(=O)(=O)O)cc1)c1csc(-c2ccccc2)n1. The van der Waals surface area contributed by atoms with Crippen LogP contribution in [0.4, 0.5) is 5.00 Å². The van der Waals surface area contributed by atoms with E-state index in [1.165, 1.54) is 11.3 Å². The number of hydrogen-bond donors (Lipinski definition) is 2. The summed E-state index contributed by atoms with van der Waals surface area (Å²) in [4.78, 5) is 19.8. The molecule has 0 spiro atoms. The van der Waals surface area contributed by atoms with Gasteiger partial charge >= 0.3 is 0 Å². The Balaban J connectivity index is 1.60. The summed E-state index contributed by atoms with van der Waals surface area (Å²) in [7, 11) is -4.09. The van der Waals surface area contributed by atoms with E-state index in [-0.39, 0.29) is 12.6 Å². The highest BCUT2D eigenvalue weighted by molar-refractivity contribution is 7.85. The van der Waals surface area contributed by atoms with Gasteiger partial charge in [-0.2, -0.15) is 8.42 Å². The fourth-order valence-corrected chi connectivity index (χ4v) is 5.60. The molecule has 0 aliphatic rings. The number of anilines is 1. The van der Waals surface area contributed by atoms with E-state index in [4.69, 9.17) is 14.3 Å². The van der Waals surface area contributed by atoms with Gasteiger partial charge in [0.15, 0.2) is 0 Å². The summed E-state index contributed by atoms with van der Waals surface area (Å²) in [5.41, 5.74) is 5.66. The summed E-state index contributed by atoms with van der Waals surface area (Å²) in [6, 6.07) is 16.8. The molecule has 0 unspecified atom stereocenters. The Hall–Kier alpha value is -3.12. The minimum absolute atomic E-state index is 0.0682. The fourth-order valence-electron chi connectivity index (χ4n) is 3.37. The zero-order chi connectivity index (χ0) is 24.0. The molecular weight excluding hydrogens is 494 g/mol. The van der Waals surface area contributed by atoms with Crippen molar-refractivity contribution in [1.82, 2.24) is 9.97 Å². The van der Waals surface area contributed by atoms with Gasteiger partial charge in [-0.1, -0.05) is 54.6 Å². The van der Waals surface area contributed by atoms with Crippen LogP contribution < -0.4 is 5.32 Å². The van der Waals surface area contributed by atoms with Crippen molar-refractivity contribution in [3.05, 3.63) is 88.0 Å². The molecule has 0 fully saturated rings. The number of nitrogens with zero attached hydrogens (tertiary/aromatic N) is 2. The van der Waals surface area contributed by atoms with Crippen molar-refractivity contribution in [2.24, 2.45) is 0 Å². The van der Waals surface area contributed by atoms with Gasteiger partial charge in [-0.3, -0.25) is 9.35 Å². The van der Waals surface area contributed by atoms with Gasteiger partial charge in [0.2, 0.25) is 0 Å². The van der Waals surface area contributed by atoms with E-state index in [0.29, 0.717) is 24.2 Å². The molecule has 2 heterocycles. The minimum atomic E-state index is -4.09. The number of carbonyl (C=O) groups excluding carboxylic acids is 1. The Morgan fingerprint density at radius 1 is 1.06 bits per heavy atom. The first-order valence-electron chi connectivity index (χ1n) is 10.2. The van der Waals surface area contributed by atoms with E-state index in [1.807, 2.05) is 47.8 Å². The van der Waals surface area contributed by atoms with Gasteiger partial charge in [0.1, 0.15) is 28.1 Å². The summed E-state index contributed by atoms with van der Waals surface area (Å²) in [6.45, 7) is 0.458. The van der Waals surface area contributed by atoms with Gasteiger partial charge < -0.3 is 10.1 Å². The molecule has 34 heavy (non-hydrogen) atoms. The summed E-state index contributed by atoms with van der Waals surface area (Å²) in [6.07, 6.45) is 0.565. The molecule has 0 aliphatic heterocycles. The number of rotatable bonds is 11. The maximum absolute atomic E-state index is 11.2. The lowest BCUT2D eigenvalue weighted by Gasteiger charge is -2.18. The van der Waals surface area contributed by atoms with Crippen LogP contribution in [-0.4, -0.2) is 29.4 Å². The lowest BCUT2D eigenvalue weighted by Crippen LogP contribution is -2.15. The van der Waals surface area contributed by atoms with Crippen LogP contribution in [0.5, 0.6) is 0 Å². The van der Waals surface area contributed by atoms with E-state index in [1.54, 1.807) is 29.0 Å². The minimum Gasteiger partial charge on any atom is -0.461 e. The van der Waals surface area contributed by atoms with Crippen LogP contribution in [-0.2, 0) is 38.4 Å². The van der Waals surface area contributed by atoms with E-state index in [0.717, 1.165) is 26.8 Å². The molecule has 4 aromatic rings. The first-order chi connectivity index (χ1) is 16.4. The van der Waals surface area contributed by atoms with Crippen molar-refractivity contribution in [2.75, 3.05) is 5.32 Å². The molecule has 8 nitrogen and oxygen atoms in total. The van der Waals surface area contributed by atoms with Gasteiger partial charge in [-0.05, 0) is 17.5 Å². The highest BCUT2D eigenvalue weighted by Gasteiger charge is 2.20. The Bertz CT molecular complexity index is 1340. The average molecular weight is 516 g/mol. The zero-order valence-corrected chi connectivity index (χ0v) is 20.3. The van der Waals surface area contributed by atoms with Crippen molar-refractivity contribution in [3.8, 4) is 10.6 Å². The van der Waals surface area contributed by atoms with Gasteiger partial charge in [-0.15, -0.1) is 22.7 Å². The first-order valence-corrected chi connectivity index (χ1v) is 13.6. The van der Waals surface area contributed by atoms with Gasteiger partial charge in [0.25, 0.3) is 16.6 Å². The number of thiazole rings is 2. The predicted molar refractivity (Wildman–Crippen MR) is 132 cm³/mol. The van der Waals surface area contributed by atoms with E-state index in [9.17, 15) is 13.2 Å². The Morgan fingerprint density at radius 3 is 2.50 bits per heavy atom. The van der Waals surface area contributed by atoms with Gasteiger partial charge in [0, 0.05) is 10.9 Å². The maximum Gasteiger partial charge on any atom is 0.293 e. The van der Waals surface area contributed by atoms with Crippen LogP contribution in [0.1, 0.15) is 28.6 Å². The molecule has 176 valence electrons. The summed E-state index contributed by atoms with van der Waals surface area (Å²) in [5, 5.41) is 7.18. The van der Waals surface area contributed by atoms with E-state index >= 15 is 0 Å². The van der Waals surface area contributed by atoms with Crippen LogP contribution in [0.3, 0.4) is 0 Å². The molecule has 1 atom stereocenters. The quantitative estimate of drug-likeness (QED) is 0.218. The van der Waals surface area contributed by atoms with Gasteiger partial charge in [-0.25, -0.2) is 9.97 Å². The molecule has 4 rings (SSSR count). The summed E-state index contributed by atoms with van der Waals surface area (Å²) < 4.78 is 36.3. The molecule has 0 saturated carbocycles. The molecule has 11 heteroatoms. The predicted octanol–water partition coefficient (Wildman–Crippen LogP) is 4.72. The standard InChI is InChI=1S/C23H21N3O5S3/c27-15-31-11-20-23(33-14-24-20)25-19(10-16-6-8-17(9-7-16)13-34(28,29)30)21-12-32-22(26-21)18-4-2-1-3-5-18/h1-9,12,14-15,19,25H,10-11,13H2,(H,28,29,30)/t19-/m0/s1. The number of nitrogens with one attached hydrogen (secondary N) is 1. The Morgan fingerprint density at radius 2 is 1.79 bits per heavy atom. The fraction of sp³-hybridized carbons (Fsp3) is 0.174. The molecule has 2 aromatic heterocycles. The number of benzene rings is 2. The second-order valence-electron chi connectivity index (χ2n) is 7.42. The number of ether oxygens (including phenoxy) is 1. The molecule has 2 N–H and O–H groups in total. The molecule has 0 bridgehead atoms. The number of carbonyl (C=O) groups is 1. The normalized spacial score (nSPS) is 12.3. The topological polar surface area (TPSA) is 118 Å². The highest BCUT2D eigenvalue weighted by Crippen LogP contribution is 2.32. The van der Waals surface area contributed by atoms with Crippen molar-refractivity contribution in [2.45, 2.75) is 24.8 Å². The largest absolute Gasteiger partial charge is 0.461 e. The molecule has 0 saturated heterocycles. The van der Waals surface area contributed by atoms with Crippen LogP contribution in [0.25, 0.3) is 10.6 Å². The maximum atomic E-state index is 11.2. The average Bonchev–Trinajstić information content (AvgIpc) is 3.48. The van der Waals surface area contributed by atoms with E-state index in [2.05, 4.69) is 10.3 Å². The van der Waals surface area contributed by atoms with Crippen molar-refractivity contribution < 1.29 is 22.5 Å². The van der Waals surface area contributed by atoms with Crippen molar-refractivity contribution in [3.63, 3.8) is 0 Å². The van der Waals surface area contributed by atoms with E-state index < -0.39 is 15.9 Å². The highest BCUT2D eigenvalue weighted by atomic mass is 32.2. The molecule has 0 radical (unpaired) electrons. The first kappa shape index (κ1) is 24.0. The van der Waals surface area contributed by atoms with Gasteiger partial charge in [0.05, 0.1) is 17.2 Å².